The average molecular weight is 453 g/mol. The highest BCUT2D eigenvalue weighted by molar-refractivity contribution is 5.94. The third kappa shape index (κ3) is 7.59. The van der Waals surface area contributed by atoms with Gasteiger partial charge in [0, 0.05) is 30.8 Å². The van der Waals surface area contributed by atoms with Gasteiger partial charge >= 0.3 is 0 Å². The third-order valence-corrected chi connectivity index (χ3v) is 5.29. The molecule has 7 heteroatoms. The van der Waals surface area contributed by atoms with E-state index in [-0.39, 0.29) is 35.8 Å². The van der Waals surface area contributed by atoms with Crippen molar-refractivity contribution in [2.75, 3.05) is 13.1 Å². The van der Waals surface area contributed by atoms with E-state index in [0.29, 0.717) is 30.5 Å². The summed E-state index contributed by atoms with van der Waals surface area (Å²) in [5, 5.41) is 35.6. The van der Waals surface area contributed by atoms with Crippen molar-refractivity contribution in [3.05, 3.63) is 94.8 Å². The predicted molar refractivity (Wildman–Crippen MR) is 125 cm³/mol. The highest BCUT2D eigenvalue weighted by atomic mass is 19.1. The van der Waals surface area contributed by atoms with Crippen molar-refractivity contribution < 1.29 is 24.5 Å². The Labute approximate surface area is 192 Å². The Bertz CT molecular complexity index is 1070. The number of hydrogen-bond donors (Lipinski definition) is 5. The number of aliphatic hydroxyl groups excluding tert-OH is 1. The molecular weight excluding hydrogens is 423 g/mol. The van der Waals surface area contributed by atoms with Crippen LogP contribution in [0.4, 0.5) is 4.39 Å². The predicted octanol–water partition coefficient (Wildman–Crippen LogP) is 3.46. The first-order valence-corrected chi connectivity index (χ1v) is 10.9. The van der Waals surface area contributed by atoms with Crippen LogP contribution in [0, 0.1) is 5.82 Å². The quantitative estimate of drug-likeness (QED) is 0.324. The molecule has 3 rings (SSSR count). The molecule has 1 amide bonds. The van der Waals surface area contributed by atoms with Crippen LogP contribution in [0.15, 0.2) is 66.7 Å². The van der Waals surface area contributed by atoms with Crippen molar-refractivity contribution in [2.24, 2.45) is 0 Å². The lowest BCUT2D eigenvalue weighted by Gasteiger charge is -2.18. The average Bonchev–Trinajstić information content (AvgIpc) is 2.77. The SMILES string of the molecule is CC(Cc1cccc(C(=O)NCCc2cccc(F)c2)c1)NCC(O)c1cc(O)cc(O)c1. The van der Waals surface area contributed by atoms with Gasteiger partial charge in [0.2, 0.25) is 0 Å². The molecule has 0 fully saturated rings. The smallest absolute Gasteiger partial charge is 0.251 e. The molecule has 3 aromatic carbocycles. The molecule has 0 spiro atoms. The molecule has 2 unspecified atom stereocenters. The fourth-order valence-corrected chi connectivity index (χ4v) is 3.62. The van der Waals surface area contributed by atoms with Crippen LogP contribution in [0.5, 0.6) is 11.5 Å². The Kier molecular flexibility index (Phi) is 8.40. The maximum absolute atomic E-state index is 13.3. The van der Waals surface area contributed by atoms with Crippen molar-refractivity contribution in [1.82, 2.24) is 10.6 Å². The number of hydrogen-bond acceptors (Lipinski definition) is 5. The van der Waals surface area contributed by atoms with Gasteiger partial charge in [-0.1, -0.05) is 24.3 Å². The topological polar surface area (TPSA) is 102 Å². The molecule has 3 aromatic rings. The molecule has 6 nitrogen and oxygen atoms in total. The Hall–Kier alpha value is -3.42. The number of amides is 1. The van der Waals surface area contributed by atoms with Crippen molar-refractivity contribution in [2.45, 2.75) is 31.9 Å². The Morgan fingerprint density at radius 2 is 1.67 bits per heavy atom. The summed E-state index contributed by atoms with van der Waals surface area (Å²) in [6.07, 6.45) is 0.298. The minimum Gasteiger partial charge on any atom is -0.508 e. The molecule has 0 aromatic heterocycles. The normalized spacial score (nSPS) is 12.8. The summed E-state index contributed by atoms with van der Waals surface area (Å²) < 4.78 is 13.3. The van der Waals surface area contributed by atoms with Crippen LogP contribution < -0.4 is 10.6 Å². The van der Waals surface area contributed by atoms with Crippen LogP contribution in [-0.2, 0) is 12.8 Å². The molecule has 0 saturated carbocycles. The van der Waals surface area contributed by atoms with E-state index in [2.05, 4.69) is 10.6 Å². The third-order valence-electron chi connectivity index (χ3n) is 5.29. The van der Waals surface area contributed by atoms with Crippen molar-refractivity contribution >= 4 is 5.91 Å². The number of nitrogens with one attached hydrogen (secondary N) is 2. The van der Waals surface area contributed by atoms with E-state index in [4.69, 9.17) is 0 Å². The lowest BCUT2D eigenvalue weighted by molar-refractivity contribution is 0.0954. The van der Waals surface area contributed by atoms with Crippen LogP contribution >= 0.6 is 0 Å². The van der Waals surface area contributed by atoms with Gasteiger partial charge in [0.1, 0.15) is 17.3 Å². The number of carbonyl (C=O) groups is 1. The largest absolute Gasteiger partial charge is 0.508 e. The fraction of sp³-hybridized carbons (Fsp3) is 0.269. The van der Waals surface area contributed by atoms with E-state index in [0.717, 1.165) is 11.1 Å². The fourth-order valence-electron chi connectivity index (χ4n) is 3.62. The number of phenols is 2. The number of halogens is 1. The van der Waals surface area contributed by atoms with Gasteiger partial charge in [-0.3, -0.25) is 4.79 Å². The number of carbonyl (C=O) groups excluding carboxylic acids is 1. The summed E-state index contributed by atoms with van der Waals surface area (Å²) in [5.41, 5.74) is 2.77. The van der Waals surface area contributed by atoms with Crippen molar-refractivity contribution in [3.63, 3.8) is 0 Å². The number of aromatic hydroxyl groups is 2. The molecule has 0 aliphatic carbocycles. The molecule has 0 bridgehead atoms. The zero-order valence-electron chi connectivity index (χ0n) is 18.5. The maximum Gasteiger partial charge on any atom is 0.251 e. The minimum atomic E-state index is -0.888. The zero-order chi connectivity index (χ0) is 23.8. The Morgan fingerprint density at radius 1 is 0.970 bits per heavy atom. The summed E-state index contributed by atoms with van der Waals surface area (Å²) in [7, 11) is 0. The Balaban J connectivity index is 1.48. The number of rotatable bonds is 10. The highest BCUT2D eigenvalue weighted by Crippen LogP contribution is 2.24. The molecule has 0 aliphatic heterocycles. The summed E-state index contributed by atoms with van der Waals surface area (Å²) >= 11 is 0. The highest BCUT2D eigenvalue weighted by Gasteiger charge is 2.13. The minimum absolute atomic E-state index is 0.0110. The second-order valence-corrected chi connectivity index (χ2v) is 8.15. The number of aliphatic hydroxyl groups is 1. The molecule has 0 saturated heterocycles. The molecule has 0 aliphatic rings. The van der Waals surface area contributed by atoms with Gasteiger partial charge in [-0.2, -0.15) is 0 Å². The first-order chi connectivity index (χ1) is 15.8. The van der Waals surface area contributed by atoms with E-state index in [1.165, 1.54) is 30.3 Å². The van der Waals surface area contributed by atoms with Gasteiger partial charge < -0.3 is 26.0 Å². The Morgan fingerprint density at radius 3 is 2.39 bits per heavy atom. The van der Waals surface area contributed by atoms with Gasteiger partial charge in [0.15, 0.2) is 0 Å². The van der Waals surface area contributed by atoms with Crippen molar-refractivity contribution in [3.8, 4) is 11.5 Å². The molecule has 2 atom stereocenters. The van der Waals surface area contributed by atoms with E-state index < -0.39 is 6.10 Å². The summed E-state index contributed by atoms with van der Waals surface area (Å²) in [6.45, 7) is 2.62. The van der Waals surface area contributed by atoms with Gasteiger partial charge in [-0.25, -0.2) is 4.39 Å². The second kappa shape index (κ2) is 11.4. The van der Waals surface area contributed by atoms with E-state index >= 15 is 0 Å². The number of phenolic OH excluding ortho intramolecular Hbond substituents is 2. The molecule has 5 N–H and O–H groups in total. The summed E-state index contributed by atoms with van der Waals surface area (Å²) in [6, 6.07) is 17.7. The zero-order valence-corrected chi connectivity index (χ0v) is 18.5. The van der Waals surface area contributed by atoms with Crippen LogP contribution in [0.1, 0.15) is 40.1 Å². The molecule has 174 valence electrons. The van der Waals surface area contributed by atoms with Crippen LogP contribution in [0.2, 0.25) is 0 Å². The molecule has 0 heterocycles. The first-order valence-electron chi connectivity index (χ1n) is 10.9. The lowest BCUT2D eigenvalue weighted by Crippen LogP contribution is -2.32. The van der Waals surface area contributed by atoms with Gasteiger partial charge in [-0.05, 0) is 72.9 Å². The number of benzene rings is 3. The van der Waals surface area contributed by atoms with Crippen LogP contribution in [-0.4, -0.2) is 40.4 Å². The maximum atomic E-state index is 13.3. The monoisotopic (exact) mass is 452 g/mol. The van der Waals surface area contributed by atoms with Gasteiger partial charge in [0.25, 0.3) is 5.91 Å². The van der Waals surface area contributed by atoms with Crippen LogP contribution in [0.25, 0.3) is 0 Å². The second-order valence-electron chi connectivity index (χ2n) is 8.15. The summed E-state index contributed by atoms with van der Waals surface area (Å²) in [5.74, 6) is -0.693. The van der Waals surface area contributed by atoms with E-state index in [1.807, 2.05) is 31.2 Å². The van der Waals surface area contributed by atoms with E-state index in [1.54, 1.807) is 12.1 Å². The van der Waals surface area contributed by atoms with E-state index in [9.17, 15) is 24.5 Å². The van der Waals surface area contributed by atoms with Crippen molar-refractivity contribution in [1.29, 1.82) is 0 Å². The lowest BCUT2D eigenvalue weighted by atomic mass is 10.0. The van der Waals surface area contributed by atoms with Gasteiger partial charge in [0.05, 0.1) is 6.10 Å². The molecule has 33 heavy (non-hydrogen) atoms. The van der Waals surface area contributed by atoms with Crippen LogP contribution in [0.3, 0.4) is 0 Å². The first kappa shape index (κ1) is 24.2. The molecular formula is C26H29FN2O4. The standard InChI is InChI=1S/C26H29FN2O4/c1-17(29-16-25(32)21-13-23(30)15-24(31)14-21)10-19-5-2-6-20(11-19)26(33)28-9-8-18-4-3-7-22(27)12-18/h2-7,11-15,17,25,29-32H,8-10,16H2,1H3,(H,28,33). The summed E-state index contributed by atoms with van der Waals surface area (Å²) in [4.78, 5) is 12.5. The van der Waals surface area contributed by atoms with Gasteiger partial charge in [-0.15, -0.1) is 0 Å². The molecule has 0 radical (unpaired) electrons.